The summed E-state index contributed by atoms with van der Waals surface area (Å²) in [5.41, 5.74) is -0.833. The number of pyridine rings is 1. The molecule has 0 spiro atoms. The molecule has 0 radical (unpaired) electrons. The van der Waals surface area contributed by atoms with Gasteiger partial charge in [-0.15, -0.1) is 0 Å². The minimum Gasteiger partial charge on any atom is -0.486 e. The second-order valence-electron chi connectivity index (χ2n) is 6.49. The van der Waals surface area contributed by atoms with Crippen LogP contribution in [0.15, 0.2) is 12.3 Å². The minimum absolute atomic E-state index is 0.00762. The quantitative estimate of drug-likeness (QED) is 0.899. The summed E-state index contributed by atoms with van der Waals surface area (Å²) < 4.78 is 16.1. The Morgan fingerprint density at radius 2 is 2.12 bits per heavy atom. The molecule has 1 fully saturated rings. The van der Waals surface area contributed by atoms with Gasteiger partial charge < -0.3 is 19.3 Å². The maximum Gasteiger partial charge on any atom is 0.415 e. The van der Waals surface area contributed by atoms with Gasteiger partial charge in [-0.25, -0.2) is 14.6 Å². The van der Waals surface area contributed by atoms with Crippen LogP contribution in [0.3, 0.4) is 0 Å². The third-order valence-electron chi connectivity index (χ3n) is 3.25. The van der Waals surface area contributed by atoms with E-state index in [9.17, 15) is 14.7 Å². The van der Waals surface area contributed by atoms with Crippen LogP contribution in [0, 0.1) is 0 Å². The molecular formula is C16H22N2O6. The van der Waals surface area contributed by atoms with Crippen LogP contribution in [-0.2, 0) is 9.47 Å². The van der Waals surface area contributed by atoms with Gasteiger partial charge in [0, 0.05) is 19.5 Å². The zero-order chi connectivity index (χ0) is 17.9. The number of carbonyl (C=O) groups is 2. The van der Waals surface area contributed by atoms with E-state index in [-0.39, 0.29) is 17.5 Å². The van der Waals surface area contributed by atoms with Gasteiger partial charge in [0.25, 0.3) is 0 Å². The van der Waals surface area contributed by atoms with E-state index in [1.54, 1.807) is 20.8 Å². The highest BCUT2D eigenvalue weighted by atomic mass is 16.6. The molecule has 8 heteroatoms. The van der Waals surface area contributed by atoms with Crippen molar-refractivity contribution in [3.8, 4) is 5.75 Å². The average Bonchev–Trinajstić information content (AvgIpc) is 2.97. The molecule has 1 aromatic heterocycles. The number of hydrogen-bond acceptors (Lipinski definition) is 6. The number of ether oxygens (including phenoxy) is 3. The highest BCUT2D eigenvalue weighted by Crippen LogP contribution is 2.25. The van der Waals surface area contributed by atoms with Crippen LogP contribution in [-0.4, -0.2) is 54.1 Å². The molecule has 0 bridgehead atoms. The van der Waals surface area contributed by atoms with Crippen molar-refractivity contribution in [3.63, 3.8) is 0 Å². The fourth-order valence-electron chi connectivity index (χ4n) is 2.14. The minimum atomic E-state index is -1.21. The summed E-state index contributed by atoms with van der Waals surface area (Å²) in [6, 6.07) is 1.35. The molecule has 2 heterocycles. The number of aromatic nitrogens is 1. The summed E-state index contributed by atoms with van der Waals surface area (Å²) in [6.07, 6.45) is 1.32. The Balaban J connectivity index is 2.22. The lowest BCUT2D eigenvalue weighted by molar-refractivity contribution is 0.0588. The van der Waals surface area contributed by atoms with Crippen LogP contribution in [0.25, 0.3) is 0 Å². The number of carbonyl (C=O) groups excluding carboxylic acids is 1. The number of nitrogens with zero attached hydrogens (tertiary/aromatic N) is 2. The summed E-state index contributed by atoms with van der Waals surface area (Å²) >= 11 is 0. The molecule has 0 unspecified atom stereocenters. The Kier molecular flexibility index (Phi) is 5.28. The fraction of sp³-hybridized carbons (Fsp3) is 0.562. The van der Waals surface area contributed by atoms with Crippen molar-refractivity contribution in [2.45, 2.75) is 38.9 Å². The van der Waals surface area contributed by atoms with E-state index in [2.05, 4.69) is 4.98 Å². The molecule has 1 aromatic rings. The van der Waals surface area contributed by atoms with Crippen molar-refractivity contribution in [3.05, 3.63) is 17.8 Å². The Morgan fingerprint density at radius 1 is 1.42 bits per heavy atom. The van der Waals surface area contributed by atoms with Gasteiger partial charge in [-0.3, -0.25) is 4.90 Å². The summed E-state index contributed by atoms with van der Waals surface area (Å²) in [5.74, 6) is -0.892. The standard InChI is InChI=1S/C16H22N2O6/c1-16(2,3)24-15(21)18(4)13-12(14(19)20)7-11(8-17-13)23-10-5-6-22-9-10/h7-8,10H,5-6,9H2,1-4H3,(H,19,20)/t10-/m0/s1. The molecular weight excluding hydrogens is 316 g/mol. The van der Waals surface area contributed by atoms with Crippen LogP contribution in [0.5, 0.6) is 5.75 Å². The smallest absolute Gasteiger partial charge is 0.415 e. The second kappa shape index (κ2) is 7.04. The van der Waals surface area contributed by atoms with E-state index < -0.39 is 17.7 Å². The van der Waals surface area contributed by atoms with Crippen molar-refractivity contribution in [2.75, 3.05) is 25.2 Å². The largest absolute Gasteiger partial charge is 0.486 e. The van der Waals surface area contributed by atoms with Gasteiger partial charge in [0.15, 0.2) is 5.82 Å². The Bertz CT molecular complexity index is 619. The van der Waals surface area contributed by atoms with E-state index in [0.29, 0.717) is 19.0 Å². The molecule has 132 valence electrons. The monoisotopic (exact) mass is 338 g/mol. The number of hydrogen-bond donors (Lipinski definition) is 1. The van der Waals surface area contributed by atoms with Gasteiger partial charge in [0.1, 0.15) is 23.0 Å². The molecule has 1 amide bonds. The normalized spacial score (nSPS) is 17.4. The van der Waals surface area contributed by atoms with Gasteiger partial charge in [-0.1, -0.05) is 0 Å². The molecule has 1 N–H and O–H groups in total. The van der Waals surface area contributed by atoms with Gasteiger partial charge in [0.2, 0.25) is 0 Å². The molecule has 1 atom stereocenters. The number of rotatable bonds is 4. The Morgan fingerprint density at radius 3 is 2.67 bits per heavy atom. The summed E-state index contributed by atoms with van der Waals surface area (Å²) in [4.78, 5) is 28.8. The predicted octanol–water partition coefficient (Wildman–Crippen LogP) is 2.32. The average molecular weight is 338 g/mol. The SMILES string of the molecule is CN(C(=O)OC(C)(C)C)c1ncc(O[C@H]2CCOC2)cc1C(=O)O. The van der Waals surface area contributed by atoms with Crippen LogP contribution in [0.2, 0.25) is 0 Å². The van der Waals surface area contributed by atoms with Gasteiger partial charge in [0.05, 0.1) is 19.4 Å². The molecule has 0 aromatic carbocycles. The molecule has 24 heavy (non-hydrogen) atoms. The van der Waals surface area contributed by atoms with E-state index in [4.69, 9.17) is 14.2 Å². The van der Waals surface area contributed by atoms with Crippen LogP contribution in [0.4, 0.5) is 10.6 Å². The Labute approximate surface area is 140 Å². The van der Waals surface area contributed by atoms with E-state index >= 15 is 0 Å². The third kappa shape index (κ3) is 4.58. The summed E-state index contributed by atoms with van der Waals surface area (Å²) in [6.45, 7) is 6.26. The van der Waals surface area contributed by atoms with Crippen molar-refractivity contribution in [2.24, 2.45) is 0 Å². The van der Waals surface area contributed by atoms with Crippen molar-refractivity contribution in [1.29, 1.82) is 0 Å². The maximum atomic E-state index is 12.1. The van der Waals surface area contributed by atoms with E-state index in [0.717, 1.165) is 11.3 Å². The van der Waals surface area contributed by atoms with Crippen molar-refractivity contribution < 1.29 is 28.9 Å². The fourth-order valence-corrected chi connectivity index (χ4v) is 2.14. The van der Waals surface area contributed by atoms with Crippen LogP contribution < -0.4 is 9.64 Å². The maximum absolute atomic E-state index is 12.1. The van der Waals surface area contributed by atoms with Gasteiger partial charge in [-0.05, 0) is 20.8 Å². The zero-order valence-electron chi connectivity index (χ0n) is 14.2. The lowest BCUT2D eigenvalue weighted by Gasteiger charge is -2.25. The molecule has 2 rings (SSSR count). The van der Waals surface area contributed by atoms with Crippen LogP contribution >= 0.6 is 0 Å². The molecule has 8 nitrogen and oxygen atoms in total. The molecule has 0 aliphatic carbocycles. The highest BCUT2D eigenvalue weighted by Gasteiger charge is 2.26. The first-order chi connectivity index (χ1) is 11.2. The number of amides is 1. The number of carboxylic acid groups (broad SMARTS) is 1. The first-order valence-electron chi connectivity index (χ1n) is 7.62. The molecule has 0 saturated carbocycles. The van der Waals surface area contributed by atoms with Crippen LogP contribution in [0.1, 0.15) is 37.6 Å². The van der Waals surface area contributed by atoms with Crippen molar-refractivity contribution in [1.82, 2.24) is 4.98 Å². The van der Waals surface area contributed by atoms with E-state index in [1.807, 2.05) is 0 Å². The number of carboxylic acids is 1. The molecule has 1 saturated heterocycles. The van der Waals surface area contributed by atoms with Crippen molar-refractivity contribution >= 4 is 17.9 Å². The molecule has 1 aliphatic heterocycles. The number of anilines is 1. The van der Waals surface area contributed by atoms with E-state index in [1.165, 1.54) is 19.3 Å². The van der Waals surface area contributed by atoms with Gasteiger partial charge >= 0.3 is 12.1 Å². The first-order valence-corrected chi connectivity index (χ1v) is 7.62. The lowest BCUT2D eigenvalue weighted by Crippen LogP contribution is -2.35. The highest BCUT2D eigenvalue weighted by molar-refractivity contribution is 5.98. The summed E-state index contributed by atoms with van der Waals surface area (Å²) in [5, 5.41) is 9.42. The molecule has 1 aliphatic rings. The zero-order valence-corrected chi connectivity index (χ0v) is 14.2. The lowest BCUT2D eigenvalue weighted by atomic mass is 10.2. The first kappa shape index (κ1) is 18.0. The predicted molar refractivity (Wildman–Crippen MR) is 85.7 cm³/mol. The Hall–Kier alpha value is -2.35. The second-order valence-corrected chi connectivity index (χ2v) is 6.49. The van der Waals surface area contributed by atoms with Gasteiger partial charge in [-0.2, -0.15) is 0 Å². The summed E-state index contributed by atoms with van der Waals surface area (Å²) in [7, 11) is 1.41. The number of aromatic carboxylic acids is 1. The topological polar surface area (TPSA) is 98.2 Å². The third-order valence-corrected chi connectivity index (χ3v) is 3.25.